The minimum atomic E-state index is -4.35. The number of aldehydes is 1. The van der Waals surface area contributed by atoms with Crippen LogP contribution in [0.3, 0.4) is 0 Å². The van der Waals surface area contributed by atoms with E-state index in [1.807, 2.05) is 0 Å². The number of alkyl halides is 4. The molecule has 0 saturated heterocycles. The molecule has 0 amide bonds. The minimum absolute atomic E-state index is 0.377. The largest absolute Gasteiger partial charge is 0.416 e. The summed E-state index contributed by atoms with van der Waals surface area (Å²) in [6.07, 6.45) is -2.14. The van der Waals surface area contributed by atoms with E-state index in [1.165, 1.54) is 6.07 Å². The maximum atomic E-state index is 12.4. The highest BCUT2D eigenvalue weighted by Crippen LogP contribution is 2.33. The first kappa shape index (κ1) is 14.0. The summed E-state index contributed by atoms with van der Waals surface area (Å²) in [6.45, 7) is 0. The number of carbonyl (C=O) groups excluding carboxylic acids is 1. The molecule has 0 aliphatic heterocycles. The van der Waals surface area contributed by atoms with E-state index in [0.717, 1.165) is 18.4 Å². The zero-order valence-corrected chi connectivity index (χ0v) is 9.76. The smallest absolute Gasteiger partial charge is 0.303 e. The van der Waals surface area contributed by atoms with Gasteiger partial charge in [0.05, 0.1) is 10.9 Å². The van der Waals surface area contributed by atoms with Gasteiger partial charge in [-0.3, -0.25) is 0 Å². The number of halogens is 4. The molecule has 0 aromatic heterocycles. The summed E-state index contributed by atoms with van der Waals surface area (Å²) in [5.74, 6) is 0. The Morgan fingerprint density at radius 3 is 2.65 bits per heavy atom. The Hall–Kier alpha value is -1.03. The lowest BCUT2D eigenvalue weighted by molar-refractivity contribution is -0.137. The molecule has 0 aliphatic carbocycles. The average molecular weight is 265 g/mol. The van der Waals surface area contributed by atoms with E-state index in [2.05, 4.69) is 0 Å². The summed E-state index contributed by atoms with van der Waals surface area (Å²) < 4.78 is 37.3. The van der Waals surface area contributed by atoms with Crippen molar-refractivity contribution < 1.29 is 18.0 Å². The fraction of sp³-hybridized carbons (Fsp3) is 0.417. The zero-order valence-electron chi connectivity index (χ0n) is 9.01. The number of carbonyl (C=O) groups is 1. The molecule has 0 aliphatic rings. The van der Waals surface area contributed by atoms with Crippen LogP contribution in [0.1, 0.15) is 35.8 Å². The highest BCUT2D eigenvalue weighted by molar-refractivity contribution is 6.20. The number of unbranched alkanes of at least 4 members (excludes halogenated alkanes) is 1. The summed E-state index contributed by atoms with van der Waals surface area (Å²) in [5, 5.41) is -0.489. The molecule has 1 atom stereocenters. The van der Waals surface area contributed by atoms with Crippen molar-refractivity contribution in [2.45, 2.75) is 30.8 Å². The minimum Gasteiger partial charge on any atom is -0.303 e. The van der Waals surface area contributed by atoms with Gasteiger partial charge in [-0.15, -0.1) is 11.6 Å². The van der Waals surface area contributed by atoms with Crippen LogP contribution in [0.25, 0.3) is 0 Å². The molecule has 0 heterocycles. The van der Waals surface area contributed by atoms with Crippen LogP contribution in [-0.2, 0) is 11.0 Å². The molecule has 0 bridgehead atoms. The first-order valence-electron chi connectivity index (χ1n) is 5.20. The van der Waals surface area contributed by atoms with Crippen LogP contribution in [0.2, 0.25) is 0 Å². The van der Waals surface area contributed by atoms with Crippen molar-refractivity contribution in [2.75, 3.05) is 0 Å². The highest BCUT2D eigenvalue weighted by Gasteiger charge is 2.30. The Kier molecular flexibility index (Phi) is 5.00. The summed E-state index contributed by atoms with van der Waals surface area (Å²) >= 11 is 5.98. The van der Waals surface area contributed by atoms with E-state index >= 15 is 0 Å². The lowest BCUT2D eigenvalue weighted by Gasteiger charge is -2.12. The van der Waals surface area contributed by atoms with Crippen LogP contribution < -0.4 is 0 Å². The van der Waals surface area contributed by atoms with Gasteiger partial charge in [-0.1, -0.05) is 18.2 Å². The number of rotatable bonds is 5. The van der Waals surface area contributed by atoms with Crippen molar-refractivity contribution in [1.29, 1.82) is 0 Å². The normalized spacial score (nSPS) is 13.4. The van der Waals surface area contributed by atoms with Gasteiger partial charge in [0, 0.05) is 6.42 Å². The van der Waals surface area contributed by atoms with Crippen LogP contribution in [0.15, 0.2) is 24.3 Å². The van der Waals surface area contributed by atoms with Crippen LogP contribution in [0, 0.1) is 0 Å². The fourth-order valence-corrected chi connectivity index (χ4v) is 1.75. The van der Waals surface area contributed by atoms with Gasteiger partial charge in [0.15, 0.2) is 0 Å². The standard InChI is InChI=1S/C12H12ClF3O/c13-11(6-1-2-7-17)9-4-3-5-10(8-9)12(14,15)16/h3-5,7-8,11H,1-2,6H2. The summed E-state index contributed by atoms with van der Waals surface area (Å²) in [5.41, 5.74) is -0.261. The predicted octanol–water partition coefficient (Wildman–Crippen LogP) is 4.35. The Bertz CT molecular complexity index is 376. The second-order valence-electron chi connectivity index (χ2n) is 3.69. The highest BCUT2D eigenvalue weighted by atomic mass is 35.5. The topological polar surface area (TPSA) is 17.1 Å². The van der Waals surface area contributed by atoms with E-state index in [9.17, 15) is 18.0 Å². The SMILES string of the molecule is O=CCCCC(Cl)c1cccc(C(F)(F)F)c1. The Morgan fingerprint density at radius 1 is 1.35 bits per heavy atom. The van der Waals surface area contributed by atoms with Crippen molar-refractivity contribution in [3.63, 3.8) is 0 Å². The van der Waals surface area contributed by atoms with Gasteiger partial charge >= 0.3 is 6.18 Å². The van der Waals surface area contributed by atoms with Crippen molar-refractivity contribution in [3.05, 3.63) is 35.4 Å². The van der Waals surface area contributed by atoms with Gasteiger partial charge in [0.2, 0.25) is 0 Å². The molecule has 1 nitrogen and oxygen atoms in total. The van der Waals surface area contributed by atoms with Gasteiger partial charge in [-0.25, -0.2) is 0 Å². The van der Waals surface area contributed by atoms with Gasteiger partial charge in [0.1, 0.15) is 6.29 Å². The third-order valence-electron chi connectivity index (χ3n) is 2.36. The molecule has 0 fully saturated rings. The predicted molar refractivity (Wildman–Crippen MR) is 60.0 cm³/mol. The monoisotopic (exact) mass is 264 g/mol. The van der Waals surface area contributed by atoms with Gasteiger partial charge in [-0.2, -0.15) is 13.2 Å². The molecule has 1 unspecified atom stereocenters. The zero-order chi connectivity index (χ0) is 12.9. The summed E-state index contributed by atoms with van der Waals surface area (Å²) in [6, 6.07) is 4.97. The molecule has 5 heteroatoms. The van der Waals surface area contributed by atoms with E-state index in [4.69, 9.17) is 11.6 Å². The average Bonchev–Trinajstić information content (AvgIpc) is 2.28. The lowest BCUT2D eigenvalue weighted by atomic mass is 10.0. The quantitative estimate of drug-likeness (QED) is 0.439. The van der Waals surface area contributed by atoms with Crippen molar-refractivity contribution in [1.82, 2.24) is 0 Å². The first-order chi connectivity index (χ1) is 7.95. The van der Waals surface area contributed by atoms with Crippen molar-refractivity contribution >= 4 is 17.9 Å². The Balaban J connectivity index is 2.74. The molecule has 1 rings (SSSR count). The molecule has 0 saturated carbocycles. The third kappa shape index (κ3) is 4.38. The second kappa shape index (κ2) is 6.05. The third-order valence-corrected chi connectivity index (χ3v) is 2.83. The summed E-state index contributed by atoms with van der Waals surface area (Å²) in [4.78, 5) is 10.1. The van der Waals surface area contributed by atoms with E-state index in [-0.39, 0.29) is 0 Å². The maximum Gasteiger partial charge on any atom is 0.416 e. The number of hydrogen-bond donors (Lipinski definition) is 0. The number of hydrogen-bond acceptors (Lipinski definition) is 1. The lowest BCUT2D eigenvalue weighted by Crippen LogP contribution is -2.05. The van der Waals surface area contributed by atoms with Crippen molar-refractivity contribution in [2.24, 2.45) is 0 Å². The Morgan fingerprint density at radius 2 is 2.06 bits per heavy atom. The first-order valence-corrected chi connectivity index (χ1v) is 5.63. The molecule has 94 valence electrons. The molecule has 1 aromatic rings. The van der Waals surface area contributed by atoms with Gasteiger partial charge in [0.25, 0.3) is 0 Å². The summed E-state index contributed by atoms with van der Waals surface area (Å²) in [7, 11) is 0. The van der Waals surface area contributed by atoms with Crippen LogP contribution in [-0.4, -0.2) is 6.29 Å². The maximum absolute atomic E-state index is 12.4. The molecule has 17 heavy (non-hydrogen) atoms. The van der Waals surface area contributed by atoms with Crippen LogP contribution >= 0.6 is 11.6 Å². The molecule has 0 N–H and O–H groups in total. The van der Waals surface area contributed by atoms with Crippen LogP contribution in [0.5, 0.6) is 0 Å². The molecule has 1 aromatic carbocycles. The fourth-order valence-electron chi connectivity index (χ4n) is 1.46. The van der Waals surface area contributed by atoms with Gasteiger partial charge in [-0.05, 0) is 24.5 Å². The number of benzene rings is 1. The van der Waals surface area contributed by atoms with E-state index in [1.54, 1.807) is 6.07 Å². The van der Waals surface area contributed by atoms with E-state index < -0.39 is 17.1 Å². The molecule has 0 spiro atoms. The van der Waals surface area contributed by atoms with E-state index in [0.29, 0.717) is 24.8 Å². The van der Waals surface area contributed by atoms with Crippen molar-refractivity contribution in [3.8, 4) is 0 Å². The van der Waals surface area contributed by atoms with Gasteiger partial charge < -0.3 is 4.79 Å². The Labute approximate surface area is 103 Å². The molecular formula is C12H12ClF3O. The molecular weight excluding hydrogens is 253 g/mol. The van der Waals surface area contributed by atoms with Crippen LogP contribution in [0.4, 0.5) is 13.2 Å². The molecule has 0 radical (unpaired) electrons. The second-order valence-corrected chi connectivity index (χ2v) is 4.22.